The highest BCUT2D eigenvalue weighted by atomic mass is 16.5. The van der Waals surface area contributed by atoms with E-state index in [1.807, 2.05) is 66.4 Å². The lowest BCUT2D eigenvalue weighted by Crippen LogP contribution is -2.43. The maximum absolute atomic E-state index is 12.4. The van der Waals surface area contributed by atoms with Crippen molar-refractivity contribution in [2.24, 2.45) is 0 Å². The van der Waals surface area contributed by atoms with Crippen molar-refractivity contribution in [2.75, 3.05) is 18.4 Å². The molecule has 2 aromatic carbocycles. The van der Waals surface area contributed by atoms with E-state index in [-0.39, 0.29) is 11.9 Å². The average molecular weight is 324 g/mol. The van der Waals surface area contributed by atoms with Crippen LogP contribution in [0.15, 0.2) is 54.6 Å². The maximum Gasteiger partial charge on any atom is 0.244 e. The Morgan fingerprint density at radius 1 is 0.958 bits per heavy atom. The molecule has 1 aliphatic rings. The molecule has 1 atom stereocenters. The normalized spacial score (nSPS) is 15.6. The summed E-state index contributed by atoms with van der Waals surface area (Å²) in [6, 6.07) is 17.2. The quantitative estimate of drug-likeness (QED) is 0.892. The zero-order valence-electron chi connectivity index (χ0n) is 14.1. The molecule has 3 rings (SSSR count). The number of carbonyl (C=O) groups excluding carboxylic acids is 1. The molecule has 2 aromatic rings. The first kappa shape index (κ1) is 16.4. The second-order valence-corrected chi connectivity index (χ2v) is 6.19. The summed E-state index contributed by atoms with van der Waals surface area (Å²) in [5, 5.41) is 3.28. The number of hydrogen-bond acceptors (Lipinski definition) is 3. The molecule has 1 fully saturated rings. The fraction of sp³-hybridized carbons (Fsp3) is 0.350. The molecule has 1 heterocycles. The summed E-state index contributed by atoms with van der Waals surface area (Å²) in [5.74, 6) is 1.77. The molecule has 1 amide bonds. The zero-order valence-corrected chi connectivity index (χ0v) is 14.1. The van der Waals surface area contributed by atoms with Gasteiger partial charge in [-0.15, -0.1) is 0 Å². The smallest absolute Gasteiger partial charge is 0.244 e. The van der Waals surface area contributed by atoms with Crippen molar-refractivity contribution in [3.63, 3.8) is 0 Å². The predicted molar refractivity (Wildman–Crippen MR) is 96.5 cm³/mol. The average Bonchev–Trinajstić information content (AvgIpc) is 2.64. The molecule has 0 unspecified atom stereocenters. The summed E-state index contributed by atoms with van der Waals surface area (Å²) < 4.78 is 5.78. The van der Waals surface area contributed by atoms with Gasteiger partial charge in [0.2, 0.25) is 5.91 Å². The lowest BCUT2D eigenvalue weighted by Gasteiger charge is -2.29. The van der Waals surface area contributed by atoms with Gasteiger partial charge in [-0.25, -0.2) is 0 Å². The third kappa shape index (κ3) is 4.28. The van der Waals surface area contributed by atoms with Crippen LogP contribution in [0.4, 0.5) is 5.69 Å². The SMILES string of the molecule is C[C@@H](Nc1ccc(Oc2ccccc2)cc1)C(=O)N1CCCCC1. The molecule has 0 radical (unpaired) electrons. The Kier molecular flexibility index (Phi) is 5.36. The van der Waals surface area contributed by atoms with Crippen molar-refractivity contribution in [3.8, 4) is 11.5 Å². The molecule has 0 aliphatic carbocycles. The minimum Gasteiger partial charge on any atom is -0.457 e. The van der Waals surface area contributed by atoms with Crippen LogP contribution in [0.3, 0.4) is 0 Å². The largest absolute Gasteiger partial charge is 0.457 e. The summed E-state index contributed by atoms with van der Waals surface area (Å²) in [6.07, 6.45) is 3.46. The minimum atomic E-state index is -0.219. The van der Waals surface area contributed by atoms with Gasteiger partial charge >= 0.3 is 0 Å². The van der Waals surface area contributed by atoms with Gasteiger partial charge in [0, 0.05) is 18.8 Å². The third-order valence-corrected chi connectivity index (χ3v) is 4.25. The van der Waals surface area contributed by atoms with Gasteiger partial charge in [-0.1, -0.05) is 18.2 Å². The number of benzene rings is 2. The Labute approximate surface area is 143 Å². The van der Waals surface area contributed by atoms with E-state index in [2.05, 4.69) is 5.32 Å². The van der Waals surface area contributed by atoms with Gasteiger partial charge in [0.1, 0.15) is 17.5 Å². The van der Waals surface area contributed by atoms with Gasteiger partial charge in [0.25, 0.3) is 0 Å². The van der Waals surface area contributed by atoms with Gasteiger partial charge in [0.15, 0.2) is 0 Å². The first-order chi connectivity index (χ1) is 11.7. The van der Waals surface area contributed by atoms with Crippen molar-refractivity contribution in [1.82, 2.24) is 4.90 Å². The summed E-state index contributed by atoms with van der Waals surface area (Å²) in [5.41, 5.74) is 0.924. The van der Waals surface area contributed by atoms with Gasteiger partial charge in [-0.05, 0) is 62.6 Å². The molecule has 4 heteroatoms. The fourth-order valence-electron chi connectivity index (χ4n) is 2.94. The van der Waals surface area contributed by atoms with Crippen LogP contribution < -0.4 is 10.1 Å². The number of nitrogens with zero attached hydrogens (tertiary/aromatic N) is 1. The Hall–Kier alpha value is -2.49. The molecule has 0 bridgehead atoms. The lowest BCUT2D eigenvalue weighted by molar-refractivity contribution is -0.132. The lowest BCUT2D eigenvalue weighted by atomic mass is 10.1. The van der Waals surface area contributed by atoms with Crippen molar-refractivity contribution in [3.05, 3.63) is 54.6 Å². The highest BCUT2D eigenvalue weighted by Gasteiger charge is 2.21. The van der Waals surface area contributed by atoms with Crippen molar-refractivity contribution in [2.45, 2.75) is 32.2 Å². The molecule has 0 aromatic heterocycles. The van der Waals surface area contributed by atoms with Gasteiger partial charge in [-0.3, -0.25) is 4.79 Å². The van der Waals surface area contributed by atoms with Crippen LogP contribution in [0, 0.1) is 0 Å². The monoisotopic (exact) mass is 324 g/mol. The highest BCUT2D eigenvalue weighted by Crippen LogP contribution is 2.23. The van der Waals surface area contributed by atoms with E-state index < -0.39 is 0 Å². The fourth-order valence-corrected chi connectivity index (χ4v) is 2.94. The standard InChI is InChI=1S/C20H24N2O2/c1-16(20(23)22-14-6-3-7-15-22)21-17-10-12-19(13-11-17)24-18-8-4-2-5-9-18/h2,4-5,8-13,16,21H,3,6-7,14-15H2,1H3/t16-/m1/s1. The number of hydrogen-bond donors (Lipinski definition) is 1. The summed E-state index contributed by atoms with van der Waals surface area (Å²) >= 11 is 0. The summed E-state index contributed by atoms with van der Waals surface area (Å²) in [4.78, 5) is 14.4. The van der Waals surface area contributed by atoms with Crippen molar-refractivity contribution < 1.29 is 9.53 Å². The van der Waals surface area contributed by atoms with Crippen molar-refractivity contribution in [1.29, 1.82) is 0 Å². The predicted octanol–water partition coefficient (Wildman–Crippen LogP) is 4.29. The molecule has 126 valence electrons. The molecule has 0 saturated carbocycles. The van der Waals surface area contributed by atoms with E-state index in [0.717, 1.165) is 43.1 Å². The second kappa shape index (κ2) is 7.86. The molecule has 4 nitrogen and oxygen atoms in total. The van der Waals surface area contributed by atoms with Gasteiger partial charge in [0.05, 0.1) is 0 Å². The molecule has 1 N–H and O–H groups in total. The Bertz CT molecular complexity index is 649. The van der Waals surface area contributed by atoms with E-state index in [1.54, 1.807) is 0 Å². The van der Waals surface area contributed by atoms with Crippen LogP contribution in [0.5, 0.6) is 11.5 Å². The molecule has 0 spiro atoms. The van der Waals surface area contributed by atoms with Crippen LogP contribution >= 0.6 is 0 Å². The number of para-hydroxylation sites is 1. The van der Waals surface area contributed by atoms with Crippen LogP contribution in [0.25, 0.3) is 0 Å². The molecular weight excluding hydrogens is 300 g/mol. The summed E-state index contributed by atoms with van der Waals surface area (Å²) in [6.45, 7) is 3.69. The number of amides is 1. The van der Waals surface area contributed by atoms with E-state index in [4.69, 9.17) is 4.74 Å². The minimum absolute atomic E-state index is 0.180. The first-order valence-electron chi connectivity index (χ1n) is 8.61. The van der Waals surface area contributed by atoms with E-state index in [9.17, 15) is 4.79 Å². The van der Waals surface area contributed by atoms with E-state index in [0.29, 0.717) is 0 Å². The van der Waals surface area contributed by atoms with E-state index in [1.165, 1.54) is 6.42 Å². The molecule has 24 heavy (non-hydrogen) atoms. The van der Waals surface area contributed by atoms with Crippen LogP contribution in [0.1, 0.15) is 26.2 Å². The van der Waals surface area contributed by atoms with Gasteiger partial charge in [-0.2, -0.15) is 0 Å². The van der Waals surface area contributed by atoms with Crippen LogP contribution in [-0.4, -0.2) is 29.9 Å². The first-order valence-corrected chi connectivity index (χ1v) is 8.61. The molecular formula is C20H24N2O2. The molecule has 1 saturated heterocycles. The number of rotatable bonds is 5. The summed E-state index contributed by atoms with van der Waals surface area (Å²) in [7, 11) is 0. The number of nitrogens with one attached hydrogen (secondary N) is 1. The number of anilines is 1. The Balaban J connectivity index is 1.56. The number of ether oxygens (including phenoxy) is 1. The zero-order chi connectivity index (χ0) is 16.8. The third-order valence-electron chi connectivity index (χ3n) is 4.25. The number of likely N-dealkylation sites (tertiary alicyclic amines) is 1. The Morgan fingerprint density at radius 2 is 1.58 bits per heavy atom. The number of piperidine rings is 1. The van der Waals surface area contributed by atoms with Gasteiger partial charge < -0.3 is 15.0 Å². The topological polar surface area (TPSA) is 41.6 Å². The van der Waals surface area contributed by atoms with Crippen LogP contribution in [0.2, 0.25) is 0 Å². The number of carbonyl (C=O) groups is 1. The van der Waals surface area contributed by atoms with Crippen LogP contribution in [-0.2, 0) is 4.79 Å². The second-order valence-electron chi connectivity index (χ2n) is 6.19. The Morgan fingerprint density at radius 3 is 2.25 bits per heavy atom. The maximum atomic E-state index is 12.4. The van der Waals surface area contributed by atoms with E-state index >= 15 is 0 Å². The highest BCUT2D eigenvalue weighted by molar-refractivity contribution is 5.84. The van der Waals surface area contributed by atoms with Crippen molar-refractivity contribution >= 4 is 11.6 Å². The molecule has 1 aliphatic heterocycles.